The van der Waals surface area contributed by atoms with Crippen LogP contribution in [0.3, 0.4) is 0 Å². The summed E-state index contributed by atoms with van der Waals surface area (Å²) in [4.78, 5) is 0. The smallest absolute Gasteiger partial charge is 0.134 e. The van der Waals surface area contributed by atoms with E-state index in [2.05, 4.69) is 36.6 Å². The van der Waals surface area contributed by atoms with Crippen molar-refractivity contribution in [2.75, 3.05) is 19.8 Å². The molecule has 2 heterocycles. The van der Waals surface area contributed by atoms with Crippen LogP contribution in [0, 0.1) is 0 Å². The number of ether oxygens (including phenoxy) is 1. The van der Waals surface area contributed by atoms with Crippen LogP contribution >= 0.6 is 0 Å². The third-order valence-corrected chi connectivity index (χ3v) is 4.04. The van der Waals surface area contributed by atoms with Gasteiger partial charge in [-0.25, -0.2) is 0 Å². The van der Waals surface area contributed by atoms with Crippen LogP contribution in [0.25, 0.3) is 11.0 Å². The van der Waals surface area contributed by atoms with Crippen molar-refractivity contribution in [2.24, 2.45) is 0 Å². The van der Waals surface area contributed by atoms with E-state index in [1.165, 1.54) is 0 Å². The Morgan fingerprint density at radius 1 is 1.33 bits per heavy atom. The molecule has 0 amide bonds. The van der Waals surface area contributed by atoms with Gasteiger partial charge in [-0.2, -0.15) is 0 Å². The van der Waals surface area contributed by atoms with Crippen LogP contribution in [0.15, 0.2) is 34.7 Å². The number of hydrogen-bond acceptors (Lipinski definition) is 4. The summed E-state index contributed by atoms with van der Waals surface area (Å²) < 4.78 is 11.4. The van der Waals surface area contributed by atoms with Gasteiger partial charge in [0.25, 0.3) is 0 Å². The molecule has 3 atom stereocenters. The van der Waals surface area contributed by atoms with Gasteiger partial charge in [-0.3, -0.25) is 0 Å². The summed E-state index contributed by atoms with van der Waals surface area (Å²) in [5.74, 6) is 0.996. The van der Waals surface area contributed by atoms with Crippen molar-refractivity contribution in [3.63, 3.8) is 0 Å². The van der Waals surface area contributed by atoms with Crippen LogP contribution in [-0.4, -0.2) is 31.8 Å². The fourth-order valence-electron chi connectivity index (χ4n) is 2.99. The van der Waals surface area contributed by atoms with Crippen molar-refractivity contribution < 1.29 is 9.15 Å². The number of para-hydroxylation sites is 1. The molecule has 3 rings (SSSR count). The number of hydrogen-bond donors (Lipinski definition) is 2. The average molecular weight is 288 g/mol. The van der Waals surface area contributed by atoms with E-state index in [0.29, 0.717) is 12.1 Å². The molecule has 0 saturated carbocycles. The second-order valence-corrected chi connectivity index (χ2v) is 5.94. The van der Waals surface area contributed by atoms with Gasteiger partial charge in [0.15, 0.2) is 0 Å². The highest BCUT2D eigenvalue weighted by Gasteiger charge is 2.19. The molecule has 1 aromatic carbocycles. The van der Waals surface area contributed by atoms with Crippen LogP contribution in [0.5, 0.6) is 0 Å². The van der Waals surface area contributed by atoms with Crippen LogP contribution in [0.2, 0.25) is 0 Å². The number of nitrogens with one attached hydrogen (secondary N) is 2. The fraction of sp³-hybridized carbons (Fsp3) is 0.529. The summed E-state index contributed by atoms with van der Waals surface area (Å²) in [6.07, 6.45) is 1.06. The minimum atomic E-state index is 0.205. The highest BCUT2D eigenvalue weighted by molar-refractivity contribution is 5.77. The summed E-state index contributed by atoms with van der Waals surface area (Å²) in [5.41, 5.74) is 0.955. The van der Waals surface area contributed by atoms with Gasteiger partial charge in [0.05, 0.1) is 19.3 Å². The molecule has 21 heavy (non-hydrogen) atoms. The van der Waals surface area contributed by atoms with Gasteiger partial charge in [-0.1, -0.05) is 18.2 Å². The predicted molar refractivity (Wildman–Crippen MR) is 84.5 cm³/mol. The molecule has 2 aromatic rings. The molecular weight excluding hydrogens is 264 g/mol. The molecule has 1 fully saturated rings. The zero-order valence-electron chi connectivity index (χ0n) is 12.8. The zero-order valence-corrected chi connectivity index (χ0v) is 12.8. The summed E-state index contributed by atoms with van der Waals surface area (Å²) in [5, 5.41) is 8.27. The van der Waals surface area contributed by atoms with E-state index in [4.69, 9.17) is 9.15 Å². The Kier molecular flexibility index (Phi) is 4.58. The minimum Gasteiger partial charge on any atom is -0.459 e. The highest BCUT2D eigenvalue weighted by Crippen LogP contribution is 2.24. The maximum Gasteiger partial charge on any atom is 0.134 e. The Hall–Kier alpha value is -1.36. The first kappa shape index (κ1) is 14.6. The second-order valence-electron chi connectivity index (χ2n) is 5.94. The normalized spacial score (nSPS) is 22.3. The van der Waals surface area contributed by atoms with Crippen molar-refractivity contribution in [2.45, 2.75) is 38.4 Å². The topological polar surface area (TPSA) is 46.4 Å². The second kappa shape index (κ2) is 6.60. The Morgan fingerprint density at radius 3 is 2.95 bits per heavy atom. The van der Waals surface area contributed by atoms with E-state index < -0.39 is 0 Å². The molecule has 114 valence electrons. The molecule has 1 aromatic heterocycles. The molecule has 0 spiro atoms. The largest absolute Gasteiger partial charge is 0.459 e. The minimum absolute atomic E-state index is 0.205. The quantitative estimate of drug-likeness (QED) is 0.888. The lowest BCUT2D eigenvalue weighted by Crippen LogP contribution is -2.45. The van der Waals surface area contributed by atoms with Crippen molar-refractivity contribution in [1.82, 2.24) is 10.6 Å². The third kappa shape index (κ3) is 3.64. The lowest BCUT2D eigenvalue weighted by molar-refractivity contribution is 0.0707. The summed E-state index contributed by atoms with van der Waals surface area (Å²) >= 11 is 0. The summed E-state index contributed by atoms with van der Waals surface area (Å²) in [6, 6.07) is 11.3. The van der Waals surface area contributed by atoms with Gasteiger partial charge >= 0.3 is 0 Å². The molecule has 4 heteroatoms. The summed E-state index contributed by atoms with van der Waals surface area (Å²) in [6.45, 7) is 6.96. The average Bonchev–Trinajstić information content (AvgIpc) is 2.92. The van der Waals surface area contributed by atoms with Gasteiger partial charge < -0.3 is 19.8 Å². The molecule has 0 aliphatic carbocycles. The van der Waals surface area contributed by atoms with E-state index in [0.717, 1.165) is 42.9 Å². The number of benzene rings is 1. The van der Waals surface area contributed by atoms with Gasteiger partial charge in [0.2, 0.25) is 0 Å². The monoisotopic (exact) mass is 288 g/mol. The van der Waals surface area contributed by atoms with E-state index >= 15 is 0 Å². The van der Waals surface area contributed by atoms with Gasteiger partial charge in [0, 0.05) is 24.0 Å². The van der Waals surface area contributed by atoms with Crippen LogP contribution in [0.1, 0.15) is 32.1 Å². The molecule has 0 bridgehead atoms. The Balaban J connectivity index is 1.58. The van der Waals surface area contributed by atoms with Crippen LogP contribution in [-0.2, 0) is 4.74 Å². The van der Waals surface area contributed by atoms with Gasteiger partial charge in [-0.15, -0.1) is 0 Å². The van der Waals surface area contributed by atoms with Crippen molar-refractivity contribution >= 4 is 11.0 Å². The first-order chi connectivity index (χ1) is 10.2. The molecule has 2 N–H and O–H groups in total. The van der Waals surface area contributed by atoms with Gasteiger partial charge in [0.1, 0.15) is 11.3 Å². The van der Waals surface area contributed by atoms with E-state index in [1.807, 2.05) is 18.2 Å². The molecule has 1 saturated heterocycles. The summed E-state index contributed by atoms with van der Waals surface area (Å²) in [7, 11) is 0. The van der Waals surface area contributed by atoms with Gasteiger partial charge in [-0.05, 0) is 32.4 Å². The Morgan fingerprint density at radius 2 is 2.19 bits per heavy atom. The molecular formula is C17H24N2O2. The Bertz CT molecular complexity index is 542. The fourth-order valence-corrected chi connectivity index (χ4v) is 2.99. The lowest BCUT2D eigenvalue weighted by Gasteiger charge is -2.27. The predicted octanol–water partition coefficient (Wildman–Crippen LogP) is 2.85. The standard InChI is InChI=1S/C17H24N2O2/c1-12(9-15-11-20-8-7-18-15)19-13(2)17-10-14-5-3-4-6-16(14)21-17/h3-6,10,12-13,15,18-19H,7-9,11H2,1-2H3. The zero-order chi connectivity index (χ0) is 14.7. The van der Waals surface area contributed by atoms with Crippen LogP contribution < -0.4 is 10.6 Å². The number of furan rings is 1. The van der Waals surface area contributed by atoms with E-state index in [9.17, 15) is 0 Å². The molecule has 0 radical (unpaired) electrons. The molecule has 1 aliphatic rings. The van der Waals surface area contributed by atoms with Crippen molar-refractivity contribution in [3.8, 4) is 0 Å². The number of rotatable bonds is 5. The van der Waals surface area contributed by atoms with Crippen LogP contribution in [0.4, 0.5) is 0 Å². The van der Waals surface area contributed by atoms with Crippen molar-refractivity contribution in [1.29, 1.82) is 0 Å². The van der Waals surface area contributed by atoms with E-state index in [1.54, 1.807) is 0 Å². The number of fused-ring (bicyclic) bond motifs is 1. The lowest BCUT2D eigenvalue weighted by atomic mass is 10.1. The van der Waals surface area contributed by atoms with Crippen molar-refractivity contribution in [3.05, 3.63) is 36.1 Å². The Labute approximate surface area is 125 Å². The maximum atomic E-state index is 5.92. The van der Waals surface area contributed by atoms with E-state index in [-0.39, 0.29) is 6.04 Å². The highest BCUT2D eigenvalue weighted by atomic mass is 16.5. The number of morpholine rings is 1. The first-order valence-electron chi connectivity index (χ1n) is 7.78. The first-order valence-corrected chi connectivity index (χ1v) is 7.78. The maximum absolute atomic E-state index is 5.92. The molecule has 3 unspecified atom stereocenters. The third-order valence-electron chi connectivity index (χ3n) is 4.04. The molecule has 1 aliphatic heterocycles. The molecule has 4 nitrogen and oxygen atoms in total. The SMILES string of the molecule is CC(CC1COCCN1)NC(C)c1cc2ccccc2o1.